The Hall–Kier alpha value is -2.00. The molecule has 2 aliphatic carbocycles. The smallest absolute Gasteiger partial charge is 0.334 e. The second kappa shape index (κ2) is 5.76. The van der Waals surface area contributed by atoms with E-state index < -0.39 is 59.6 Å². The summed E-state index contributed by atoms with van der Waals surface area (Å²) in [5.41, 5.74) is -2.27. The highest BCUT2D eigenvalue weighted by molar-refractivity contribution is 5.92. The average molecular weight is 392 g/mol. The minimum atomic E-state index is -1.88. The molecule has 0 aromatic carbocycles. The quantitative estimate of drug-likeness (QED) is 0.258. The number of esters is 2. The summed E-state index contributed by atoms with van der Waals surface area (Å²) in [5.74, 6) is -2.43. The Balaban J connectivity index is 1.88. The standard InChI is InChI=1S/C20H24O8/c1-6-7(2)17(23)26-14-9(4)11-13(22)16-19(5,28-16)20(11,25)15-10(12(14)21)8(3)18(24)27-15/h6,10,12-16,21-22,25H,3H2,1-2,4-5H3/b7-6-/t10-,12-,13+,14-,15+,16-,19-,20-/m1/s1. The van der Waals surface area contributed by atoms with Gasteiger partial charge in [0.25, 0.3) is 0 Å². The number of rotatable bonds is 2. The fraction of sp³-hybridized carbons (Fsp3) is 0.600. The molecular formula is C20H24O8. The van der Waals surface area contributed by atoms with Crippen LogP contribution in [0.3, 0.4) is 0 Å². The number of epoxide rings is 1. The molecule has 0 radical (unpaired) electrons. The van der Waals surface area contributed by atoms with Gasteiger partial charge in [-0.2, -0.15) is 0 Å². The summed E-state index contributed by atoms with van der Waals surface area (Å²) in [6.07, 6.45) is -4.10. The number of hydrogen-bond acceptors (Lipinski definition) is 8. The van der Waals surface area contributed by atoms with Crippen molar-refractivity contribution in [2.24, 2.45) is 5.92 Å². The van der Waals surface area contributed by atoms with Gasteiger partial charge >= 0.3 is 11.9 Å². The van der Waals surface area contributed by atoms with Crippen LogP contribution in [0.4, 0.5) is 0 Å². The van der Waals surface area contributed by atoms with Gasteiger partial charge in [-0.05, 0) is 33.3 Å². The summed E-state index contributed by atoms with van der Waals surface area (Å²) in [7, 11) is 0. The molecule has 4 rings (SSSR count). The van der Waals surface area contributed by atoms with E-state index in [1.807, 2.05) is 0 Å². The fourth-order valence-corrected chi connectivity index (χ4v) is 4.91. The Bertz CT molecular complexity index is 856. The van der Waals surface area contributed by atoms with Gasteiger partial charge in [0, 0.05) is 16.7 Å². The molecule has 8 nitrogen and oxygen atoms in total. The molecule has 2 saturated heterocycles. The van der Waals surface area contributed by atoms with E-state index in [0.717, 1.165) is 0 Å². The zero-order valence-corrected chi connectivity index (χ0v) is 16.1. The van der Waals surface area contributed by atoms with E-state index in [1.165, 1.54) is 0 Å². The van der Waals surface area contributed by atoms with Crippen molar-refractivity contribution < 1.29 is 39.1 Å². The van der Waals surface area contributed by atoms with Crippen molar-refractivity contribution in [3.05, 3.63) is 34.9 Å². The highest BCUT2D eigenvalue weighted by atomic mass is 16.7. The van der Waals surface area contributed by atoms with Crippen molar-refractivity contribution in [3.8, 4) is 0 Å². The summed E-state index contributed by atoms with van der Waals surface area (Å²) < 4.78 is 16.5. The third-order valence-corrected chi connectivity index (χ3v) is 6.76. The van der Waals surface area contributed by atoms with E-state index in [9.17, 15) is 24.9 Å². The van der Waals surface area contributed by atoms with E-state index in [0.29, 0.717) is 11.1 Å². The summed E-state index contributed by atoms with van der Waals surface area (Å²) >= 11 is 0. The van der Waals surface area contributed by atoms with Crippen LogP contribution >= 0.6 is 0 Å². The molecule has 0 amide bonds. The summed E-state index contributed by atoms with van der Waals surface area (Å²) in [6.45, 7) is 10.2. The van der Waals surface area contributed by atoms with E-state index in [1.54, 1.807) is 33.8 Å². The molecule has 8 atom stereocenters. The van der Waals surface area contributed by atoms with Crippen molar-refractivity contribution in [1.82, 2.24) is 0 Å². The molecule has 8 heteroatoms. The maximum absolute atomic E-state index is 12.4. The van der Waals surface area contributed by atoms with Crippen molar-refractivity contribution in [1.29, 1.82) is 0 Å². The Morgan fingerprint density at radius 1 is 1.32 bits per heavy atom. The number of carbonyl (C=O) groups is 2. The van der Waals surface area contributed by atoms with E-state index in [-0.39, 0.29) is 11.1 Å². The number of aliphatic hydroxyl groups excluding tert-OH is 2. The maximum atomic E-state index is 12.4. The van der Waals surface area contributed by atoms with Gasteiger partial charge in [0.15, 0.2) is 5.60 Å². The average Bonchev–Trinajstić information content (AvgIpc) is 3.23. The molecule has 0 spiro atoms. The predicted octanol–water partition coefficient (Wildman–Crippen LogP) is -0.0837. The molecule has 1 saturated carbocycles. The van der Waals surface area contributed by atoms with Gasteiger partial charge in [0.2, 0.25) is 0 Å². The summed E-state index contributed by atoms with van der Waals surface area (Å²) in [5, 5.41) is 33.5. The van der Waals surface area contributed by atoms with Crippen LogP contribution in [0.25, 0.3) is 0 Å². The third-order valence-electron chi connectivity index (χ3n) is 6.76. The Morgan fingerprint density at radius 2 is 1.96 bits per heavy atom. The molecule has 3 N–H and O–H groups in total. The molecule has 2 heterocycles. The fourth-order valence-electron chi connectivity index (χ4n) is 4.91. The number of carbonyl (C=O) groups excluding carboxylic acids is 2. The molecule has 0 aromatic heterocycles. The highest BCUT2D eigenvalue weighted by Gasteiger charge is 2.82. The van der Waals surface area contributed by atoms with Crippen LogP contribution < -0.4 is 0 Å². The largest absolute Gasteiger partial charge is 0.455 e. The number of ether oxygens (including phenoxy) is 3. The summed E-state index contributed by atoms with van der Waals surface area (Å²) in [4.78, 5) is 24.6. The van der Waals surface area contributed by atoms with Gasteiger partial charge in [-0.1, -0.05) is 12.7 Å². The first-order valence-corrected chi connectivity index (χ1v) is 9.21. The Kier molecular flexibility index (Phi) is 3.97. The molecule has 2 aliphatic heterocycles. The van der Waals surface area contributed by atoms with Crippen molar-refractivity contribution >= 4 is 11.9 Å². The molecule has 3 fully saturated rings. The minimum absolute atomic E-state index is 0.0223. The zero-order chi connectivity index (χ0) is 20.8. The first-order valence-electron chi connectivity index (χ1n) is 9.21. The lowest BCUT2D eigenvalue weighted by Crippen LogP contribution is -2.56. The predicted molar refractivity (Wildman–Crippen MR) is 94.8 cm³/mol. The van der Waals surface area contributed by atoms with E-state index in [4.69, 9.17) is 14.2 Å². The lowest BCUT2D eigenvalue weighted by molar-refractivity contribution is -0.163. The van der Waals surface area contributed by atoms with Gasteiger partial charge in [-0.25, -0.2) is 9.59 Å². The topological polar surface area (TPSA) is 126 Å². The first kappa shape index (κ1) is 19.3. The molecular weight excluding hydrogens is 368 g/mol. The van der Waals surface area contributed by atoms with Crippen molar-refractivity contribution in [3.63, 3.8) is 0 Å². The number of allylic oxidation sites excluding steroid dienone is 1. The molecule has 0 unspecified atom stereocenters. The highest BCUT2D eigenvalue weighted by Crippen LogP contribution is 2.64. The first-order chi connectivity index (χ1) is 13.0. The van der Waals surface area contributed by atoms with Gasteiger partial charge in [0.1, 0.15) is 36.1 Å². The van der Waals surface area contributed by atoms with Crippen molar-refractivity contribution in [2.75, 3.05) is 0 Å². The SMILES string of the molecule is C=C1C(=O)O[C@H]2[C@H]1[C@@H](O)[C@H](OC(=O)/C(C)=C\C)C(C)=C1[C@H](O)[C@H]3O[C@@]3(C)[C@@]12O. The van der Waals surface area contributed by atoms with Crippen molar-refractivity contribution in [2.45, 2.75) is 69.4 Å². The second-order valence-corrected chi connectivity index (χ2v) is 8.12. The lowest BCUT2D eigenvalue weighted by Gasteiger charge is -2.37. The third kappa shape index (κ3) is 2.09. The van der Waals surface area contributed by atoms with Gasteiger partial charge < -0.3 is 29.5 Å². The zero-order valence-electron chi connectivity index (χ0n) is 16.1. The number of aliphatic hydroxyl groups is 3. The number of hydrogen-bond donors (Lipinski definition) is 3. The van der Waals surface area contributed by atoms with E-state index >= 15 is 0 Å². The van der Waals surface area contributed by atoms with Crippen LogP contribution in [-0.4, -0.2) is 69.0 Å². The summed E-state index contributed by atoms with van der Waals surface area (Å²) in [6, 6.07) is 0. The normalized spacial score (nSPS) is 47.2. The molecule has 4 aliphatic rings. The van der Waals surface area contributed by atoms with Gasteiger partial charge in [-0.3, -0.25) is 0 Å². The van der Waals surface area contributed by atoms with Crippen LogP contribution in [0, 0.1) is 5.92 Å². The maximum Gasteiger partial charge on any atom is 0.334 e. The molecule has 28 heavy (non-hydrogen) atoms. The van der Waals surface area contributed by atoms with Crippen LogP contribution in [0.5, 0.6) is 0 Å². The Labute approximate surface area is 162 Å². The van der Waals surface area contributed by atoms with Crippen LogP contribution in [0.1, 0.15) is 27.7 Å². The molecule has 0 aromatic rings. The van der Waals surface area contributed by atoms with Gasteiger partial charge in [-0.15, -0.1) is 0 Å². The Morgan fingerprint density at radius 3 is 2.57 bits per heavy atom. The lowest BCUT2D eigenvalue weighted by atomic mass is 9.76. The van der Waals surface area contributed by atoms with E-state index in [2.05, 4.69) is 6.58 Å². The minimum Gasteiger partial charge on any atom is -0.455 e. The monoisotopic (exact) mass is 392 g/mol. The molecule has 152 valence electrons. The van der Waals surface area contributed by atoms with Gasteiger partial charge in [0.05, 0.1) is 5.92 Å². The number of fused-ring (bicyclic) bond motifs is 5. The second-order valence-electron chi connectivity index (χ2n) is 8.12. The van der Waals surface area contributed by atoms with Crippen LogP contribution in [0.15, 0.2) is 34.9 Å². The van der Waals surface area contributed by atoms with Crippen LogP contribution in [-0.2, 0) is 23.8 Å². The molecule has 0 bridgehead atoms. The van der Waals surface area contributed by atoms with Crippen LogP contribution in [0.2, 0.25) is 0 Å².